The number of rotatable bonds is 9. The van der Waals surface area contributed by atoms with Crippen molar-refractivity contribution < 1.29 is 4.74 Å². The van der Waals surface area contributed by atoms with Crippen molar-refractivity contribution in [3.8, 4) is 0 Å². The van der Waals surface area contributed by atoms with E-state index in [0.29, 0.717) is 12.1 Å². The van der Waals surface area contributed by atoms with Gasteiger partial charge in [-0.3, -0.25) is 9.89 Å². The fourth-order valence-electron chi connectivity index (χ4n) is 3.01. The lowest BCUT2D eigenvalue weighted by atomic mass is 10.1. The summed E-state index contributed by atoms with van der Waals surface area (Å²) in [7, 11) is 1.84. The van der Waals surface area contributed by atoms with Crippen molar-refractivity contribution in [3.05, 3.63) is 22.4 Å². The molecule has 2 atom stereocenters. The van der Waals surface area contributed by atoms with E-state index in [4.69, 9.17) is 4.74 Å². The smallest absolute Gasteiger partial charge is 0.191 e. The van der Waals surface area contributed by atoms with Gasteiger partial charge in [-0.2, -0.15) is 11.8 Å². The fourth-order valence-corrected chi connectivity index (χ4v) is 4.36. The molecule has 0 radical (unpaired) electrons. The van der Waals surface area contributed by atoms with E-state index in [0.717, 1.165) is 38.7 Å². The quantitative estimate of drug-likeness (QED) is 0.389. The molecule has 1 aromatic rings. The average molecular weight is 385 g/mol. The molecule has 5 nitrogen and oxygen atoms in total. The number of aliphatic imine (C=N–C) groups is 1. The predicted molar refractivity (Wildman–Crippen MR) is 111 cm³/mol. The normalized spacial score (nSPS) is 20.4. The molecule has 7 heteroatoms. The number of ether oxygens (including phenoxy) is 1. The van der Waals surface area contributed by atoms with Crippen LogP contribution < -0.4 is 10.6 Å². The molecule has 2 heterocycles. The summed E-state index contributed by atoms with van der Waals surface area (Å²) >= 11 is 3.73. The number of unbranched alkanes of at least 4 members (excludes halogenated alkanes) is 1. The molecule has 0 amide bonds. The predicted octanol–water partition coefficient (Wildman–Crippen LogP) is 2.82. The summed E-state index contributed by atoms with van der Waals surface area (Å²) in [5.41, 5.74) is 0. The molecule has 0 bridgehead atoms. The highest BCUT2D eigenvalue weighted by molar-refractivity contribution is 7.98. The van der Waals surface area contributed by atoms with Crippen molar-refractivity contribution in [1.29, 1.82) is 0 Å². The molecule has 2 unspecified atom stereocenters. The summed E-state index contributed by atoms with van der Waals surface area (Å²) in [6.45, 7) is 6.75. The largest absolute Gasteiger partial charge is 0.376 e. The summed E-state index contributed by atoms with van der Waals surface area (Å²) < 4.78 is 5.71. The van der Waals surface area contributed by atoms with Crippen molar-refractivity contribution in [1.82, 2.24) is 15.5 Å². The van der Waals surface area contributed by atoms with Crippen LogP contribution in [0, 0.1) is 0 Å². The zero-order chi connectivity index (χ0) is 17.9. The van der Waals surface area contributed by atoms with Gasteiger partial charge in [0, 0.05) is 38.1 Å². The van der Waals surface area contributed by atoms with E-state index < -0.39 is 0 Å². The number of hydrogen-bond acceptors (Lipinski definition) is 5. The van der Waals surface area contributed by atoms with E-state index in [9.17, 15) is 0 Å². The Morgan fingerprint density at radius 3 is 3.04 bits per heavy atom. The van der Waals surface area contributed by atoms with Gasteiger partial charge in [-0.05, 0) is 43.2 Å². The van der Waals surface area contributed by atoms with Gasteiger partial charge in [0.2, 0.25) is 0 Å². The Morgan fingerprint density at radius 2 is 2.36 bits per heavy atom. The molecular formula is C18H32N4OS2. The molecular weight excluding hydrogens is 352 g/mol. The second kappa shape index (κ2) is 11.8. The number of thiophene rings is 1. The SMILES string of the molecule is CN=C(NCCCCSC)NCC(c1cccs1)N1CCOC(C)C1. The van der Waals surface area contributed by atoms with Gasteiger partial charge < -0.3 is 15.4 Å². The van der Waals surface area contributed by atoms with E-state index in [1.54, 1.807) is 0 Å². The molecule has 1 aliphatic rings. The first-order valence-corrected chi connectivity index (χ1v) is 11.3. The third-order valence-electron chi connectivity index (χ3n) is 4.34. The Hall–Kier alpha value is -0.760. The van der Waals surface area contributed by atoms with Crippen LogP contribution in [0.4, 0.5) is 0 Å². The van der Waals surface area contributed by atoms with Crippen molar-refractivity contribution in [2.24, 2.45) is 4.99 Å². The van der Waals surface area contributed by atoms with Crippen LogP contribution in [0.2, 0.25) is 0 Å². The lowest BCUT2D eigenvalue weighted by Gasteiger charge is -2.37. The van der Waals surface area contributed by atoms with Crippen LogP contribution in [0.5, 0.6) is 0 Å². The lowest BCUT2D eigenvalue weighted by Crippen LogP contribution is -2.48. The van der Waals surface area contributed by atoms with Crippen LogP contribution in [-0.2, 0) is 4.74 Å². The molecule has 0 aromatic carbocycles. The van der Waals surface area contributed by atoms with Gasteiger partial charge in [0.15, 0.2) is 5.96 Å². The molecule has 0 spiro atoms. The molecule has 0 aliphatic carbocycles. The summed E-state index contributed by atoms with van der Waals surface area (Å²) in [6.07, 6.45) is 4.88. The number of morpholine rings is 1. The zero-order valence-corrected chi connectivity index (χ0v) is 17.3. The Balaban J connectivity index is 1.86. The molecule has 1 fully saturated rings. The number of nitrogens with one attached hydrogen (secondary N) is 2. The summed E-state index contributed by atoms with van der Waals surface area (Å²) in [4.78, 5) is 8.30. The molecule has 1 aromatic heterocycles. The highest BCUT2D eigenvalue weighted by Gasteiger charge is 2.26. The molecule has 2 N–H and O–H groups in total. The van der Waals surface area contributed by atoms with Crippen LogP contribution in [-0.4, -0.2) is 68.8 Å². The second-order valence-corrected chi connectivity index (χ2v) is 8.25. The average Bonchev–Trinajstić information content (AvgIpc) is 3.14. The Labute approximate surface area is 160 Å². The maximum atomic E-state index is 5.71. The number of thioether (sulfide) groups is 1. The van der Waals surface area contributed by atoms with E-state index in [2.05, 4.69) is 51.2 Å². The number of guanidine groups is 1. The van der Waals surface area contributed by atoms with Gasteiger partial charge in [0.1, 0.15) is 0 Å². The summed E-state index contributed by atoms with van der Waals surface area (Å²) in [5.74, 6) is 2.12. The van der Waals surface area contributed by atoms with Gasteiger partial charge in [-0.1, -0.05) is 6.07 Å². The van der Waals surface area contributed by atoms with Gasteiger partial charge in [-0.15, -0.1) is 11.3 Å². The first kappa shape index (κ1) is 20.6. The van der Waals surface area contributed by atoms with Gasteiger partial charge in [-0.25, -0.2) is 0 Å². The Morgan fingerprint density at radius 1 is 1.48 bits per heavy atom. The van der Waals surface area contributed by atoms with E-state index in [-0.39, 0.29) is 0 Å². The fraction of sp³-hybridized carbons (Fsp3) is 0.722. The number of nitrogens with zero attached hydrogens (tertiary/aromatic N) is 2. The maximum Gasteiger partial charge on any atom is 0.191 e. The van der Waals surface area contributed by atoms with E-state index in [1.165, 1.54) is 23.5 Å². The maximum absolute atomic E-state index is 5.71. The summed E-state index contributed by atoms with van der Waals surface area (Å²) in [5, 5.41) is 9.11. The van der Waals surface area contributed by atoms with Gasteiger partial charge >= 0.3 is 0 Å². The zero-order valence-electron chi connectivity index (χ0n) is 15.7. The van der Waals surface area contributed by atoms with Crippen LogP contribution in [0.15, 0.2) is 22.5 Å². The molecule has 25 heavy (non-hydrogen) atoms. The van der Waals surface area contributed by atoms with Crippen molar-refractivity contribution in [2.45, 2.75) is 31.9 Å². The summed E-state index contributed by atoms with van der Waals surface area (Å²) in [6, 6.07) is 4.73. The first-order valence-electron chi connectivity index (χ1n) is 9.07. The number of hydrogen-bond donors (Lipinski definition) is 2. The standard InChI is InChI=1S/C18H32N4OS2/c1-15-14-22(9-10-23-15)16(17-7-6-12-25-17)13-21-18(19-2)20-8-4-5-11-24-3/h6-7,12,15-16H,4-5,8-11,13-14H2,1-3H3,(H2,19,20,21). The minimum absolute atomic E-state index is 0.296. The van der Waals surface area contributed by atoms with Crippen molar-refractivity contribution >= 4 is 29.1 Å². The lowest BCUT2D eigenvalue weighted by molar-refractivity contribution is -0.0334. The van der Waals surface area contributed by atoms with Gasteiger partial charge in [0.25, 0.3) is 0 Å². The van der Waals surface area contributed by atoms with Crippen LogP contribution in [0.25, 0.3) is 0 Å². The van der Waals surface area contributed by atoms with Crippen molar-refractivity contribution in [2.75, 3.05) is 51.8 Å². The van der Waals surface area contributed by atoms with E-state index >= 15 is 0 Å². The highest BCUT2D eigenvalue weighted by Crippen LogP contribution is 2.26. The second-order valence-electron chi connectivity index (χ2n) is 6.29. The minimum atomic E-state index is 0.296. The Bertz CT molecular complexity index is 495. The highest BCUT2D eigenvalue weighted by atomic mass is 32.2. The van der Waals surface area contributed by atoms with Gasteiger partial charge in [0.05, 0.1) is 18.8 Å². The molecule has 1 saturated heterocycles. The molecule has 2 rings (SSSR count). The third kappa shape index (κ3) is 7.17. The van der Waals surface area contributed by atoms with Crippen LogP contribution in [0.1, 0.15) is 30.7 Å². The molecule has 1 aliphatic heterocycles. The minimum Gasteiger partial charge on any atom is -0.376 e. The Kier molecular flexibility index (Phi) is 9.68. The van der Waals surface area contributed by atoms with Crippen molar-refractivity contribution in [3.63, 3.8) is 0 Å². The first-order chi connectivity index (χ1) is 12.2. The monoisotopic (exact) mass is 384 g/mol. The van der Waals surface area contributed by atoms with Crippen LogP contribution in [0.3, 0.4) is 0 Å². The molecule has 0 saturated carbocycles. The molecule has 142 valence electrons. The van der Waals surface area contributed by atoms with E-state index in [1.807, 2.05) is 30.1 Å². The topological polar surface area (TPSA) is 48.9 Å². The van der Waals surface area contributed by atoms with Crippen LogP contribution >= 0.6 is 23.1 Å². The third-order valence-corrected chi connectivity index (χ3v) is 6.01.